The van der Waals surface area contributed by atoms with Gasteiger partial charge in [-0.2, -0.15) is 5.26 Å². The highest BCUT2D eigenvalue weighted by Crippen LogP contribution is 2.37. The van der Waals surface area contributed by atoms with Gasteiger partial charge in [0.15, 0.2) is 0 Å². The molecule has 0 spiro atoms. The maximum Gasteiger partial charge on any atom is 0.119 e. The first kappa shape index (κ1) is 19.9. The Hall–Kier alpha value is -2.35. The van der Waals surface area contributed by atoms with E-state index in [1.807, 2.05) is 18.2 Å². The van der Waals surface area contributed by atoms with Gasteiger partial charge in [-0.25, -0.2) is 0 Å². The summed E-state index contributed by atoms with van der Waals surface area (Å²) in [6.07, 6.45) is 4.26. The maximum atomic E-state index is 10.0. The average Bonchev–Trinajstić information content (AvgIpc) is 2.80. The van der Waals surface area contributed by atoms with Gasteiger partial charge in [0.05, 0.1) is 18.6 Å². The van der Waals surface area contributed by atoms with Gasteiger partial charge in [-0.1, -0.05) is 42.5 Å². The highest BCUT2D eigenvalue weighted by molar-refractivity contribution is 5.38. The van der Waals surface area contributed by atoms with Gasteiger partial charge in [0.25, 0.3) is 0 Å². The van der Waals surface area contributed by atoms with E-state index in [9.17, 15) is 5.26 Å². The zero-order valence-corrected chi connectivity index (χ0v) is 17.4. The first-order chi connectivity index (χ1) is 14.2. The predicted molar refractivity (Wildman–Crippen MR) is 116 cm³/mol. The summed E-state index contributed by atoms with van der Waals surface area (Å²) >= 11 is 0. The van der Waals surface area contributed by atoms with Crippen LogP contribution in [0.25, 0.3) is 0 Å². The number of hydrogen-bond acceptors (Lipinski definition) is 4. The SMILES string of the molecule is COc1cccc(C2(C#N)CCN(C3CCN(Cc4ccccc4)CC3)CC2)c1. The number of ether oxygens (including phenoxy) is 1. The van der Waals surface area contributed by atoms with Crippen LogP contribution in [0.2, 0.25) is 0 Å². The van der Waals surface area contributed by atoms with Crippen molar-refractivity contribution in [3.63, 3.8) is 0 Å². The van der Waals surface area contributed by atoms with Crippen molar-refractivity contribution in [1.29, 1.82) is 5.26 Å². The van der Waals surface area contributed by atoms with Gasteiger partial charge in [0, 0.05) is 25.7 Å². The van der Waals surface area contributed by atoms with Crippen molar-refractivity contribution in [2.24, 2.45) is 0 Å². The lowest BCUT2D eigenvalue weighted by molar-refractivity contribution is 0.0758. The van der Waals surface area contributed by atoms with Crippen LogP contribution in [-0.2, 0) is 12.0 Å². The van der Waals surface area contributed by atoms with Crippen LogP contribution in [0.15, 0.2) is 54.6 Å². The summed E-state index contributed by atoms with van der Waals surface area (Å²) in [5, 5.41) is 10.0. The van der Waals surface area contributed by atoms with Crippen LogP contribution >= 0.6 is 0 Å². The van der Waals surface area contributed by atoms with Crippen LogP contribution in [-0.4, -0.2) is 49.1 Å². The summed E-state index contributed by atoms with van der Waals surface area (Å²) in [6.45, 7) is 5.40. The molecule has 29 heavy (non-hydrogen) atoms. The molecule has 0 saturated carbocycles. The molecule has 0 bridgehead atoms. The topological polar surface area (TPSA) is 39.5 Å². The van der Waals surface area contributed by atoms with Gasteiger partial charge in [-0.3, -0.25) is 4.90 Å². The number of piperidine rings is 2. The fourth-order valence-corrected chi connectivity index (χ4v) is 4.94. The molecule has 0 amide bonds. The number of likely N-dealkylation sites (tertiary alicyclic amines) is 2. The smallest absolute Gasteiger partial charge is 0.119 e. The molecule has 2 fully saturated rings. The van der Waals surface area contributed by atoms with Crippen LogP contribution in [0, 0.1) is 11.3 Å². The molecule has 2 aliphatic heterocycles. The summed E-state index contributed by atoms with van der Waals surface area (Å²) in [4.78, 5) is 5.21. The molecule has 0 N–H and O–H groups in total. The van der Waals surface area contributed by atoms with Gasteiger partial charge in [-0.05, 0) is 62.0 Å². The van der Waals surface area contributed by atoms with Gasteiger partial charge in [0.1, 0.15) is 5.75 Å². The molecule has 4 heteroatoms. The summed E-state index contributed by atoms with van der Waals surface area (Å²) in [7, 11) is 1.69. The summed E-state index contributed by atoms with van der Waals surface area (Å²) in [6, 6.07) is 22.2. The van der Waals surface area contributed by atoms with E-state index < -0.39 is 0 Å². The van der Waals surface area contributed by atoms with Crippen LogP contribution < -0.4 is 4.74 Å². The molecule has 0 unspecified atom stereocenters. The van der Waals surface area contributed by atoms with E-state index in [1.54, 1.807) is 7.11 Å². The van der Waals surface area contributed by atoms with Crippen molar-refractivity contribution in [1.82, 2.24) is 9.80 Å². The van der Waals surface area contributed by atoms with Crippen LogP contribution in [0.3, 0.4) is 0 Å². The monoisotopic (exact) mass is 389 g/mol. The number of benzene rings is 2. The van der Waals surface area contributed by atoms with Crippen molar-refractivity contribution in [2.75, 3.05) is 33.3 Å². The molecule has 2 saturated heterocycles. The van der Waals surface area contributed by atoms with Gasteiger partial charge in [0.2, 0.25) is 0 Å². The van der Waals surface area contributed by atoms with E-state index in [-0.39, 0.29) is 5.41 Å². The Kier molecular flexibility index (Phi) is 6.18. The molecule has 0 radical (unpaired) electrons. The third kappa shape index (κ3) is 4.47. The molecule has 0 atom stereocenters. The Morgan fingerprint density at radius 3 is 2.38 bits per heavy atom. The van der Waals surface area contributed by atoms with Crippen molar-refractivity contribution in [2.45, 2.75) is 43.7 Å². The zero-order chi connectivity index (χ0) is 20.1. The maximum absolute atomic E-state index is 10.0. The molecule has 4 nitrogen and oxygen atoms in total. The molecule has 2 aromatic carbocycles. The fourth-order valence-electron chi connectivity index (χ4n) is 4.94. The molecule has 2 aromatic rings. The normalized spacial score (nSPS) is 20.8. The number of nitrogens with zero attached hydrogens (tertiary/aromatic N) is 3. The Labute approximate surface area is 174 Å². The summed E-state index contributed by atoms with van der Waals surface area (Å²) in [5.41, 5.74) is 2.14. The number of rotatable bonds is 5. The molecular weight excluding hydrogens is 358 g/mol. The third-order valence-corrected chi connectivity index (χ3v) is 6.81. The van der Waals surface area contributed by atoms with E-state index in [4.69, 9.17) is 4.74 Å². The van der Waals surface area contributed by atoms with Gasteiger partial charge >= 0.3 is 0 Å². The molecular formula is C25H31N3O. The molecule has 0 aromatic heterocycles. The predicted octanol–water partition coefficient (Wildman–Crippen LogP) is 4.22. The Morgan fingerprint density at radius 2 is 1.72 bits per heavy atom. The van der Waals surface area contributed by atoms with Crippen molar-refractivity contribution >= 4 is 0 Å². The number of hydrogen-bond donors (Lipinski definition) is 0. The Morgan fingerprint density at radius 1 is 1.00 bits per heavy atom. The fraction of sp³-hybridized carbons (Fsp3) is 0.480. The van der Waals surface area contributed by atoms with Crippen molar-refractivity contribution < 1.29 is 4.74 Å². The van der Waals surface area contributed by atoms with Crippen molar-refractivity contribution in [3.05, 3.63) is 65.7 Å². The highest BCUT2D eigenvalue weighted by Gasteiger charge is 2.38. The first-order valence-corrected chi connectivity index (χ1v) is 10.8. The number of methoxy groups -OCH3 is 1. The second-order valence-corrected chi connectivity index (χ2v) is 8.45. The lowest BCUT2D eigenvalue weighted by Crippen LogP contribution is -2.50. The molecule has 152 valence electrons. The van der Waals surface area contributed by atoms with E-state index in [1.165, 1.54) is 18.4 Å². The number of nitriles is 1. The average molecular weight is 390 g/mol. The minimum absolute atomic E-state index is 0.376. The molecule has 0 aliphatic carbocycles. The Bertz CT molecular complexity index is 829. The largest absolute Gasteiger partial charge is 0.497 e. The third-order valence-electron chi connectivity index (χ3n) is 6.81. The quantitative estimate of drug-likeness (QED) is 0.768. The minimum atomic E-state index is -0.376. The Balaban J connectivity index is 1.32. The standard InChI is InChI=1S/C25H31N3O/c1-29-24-9-5-8-22(18-24)25(20-26)12-16-28(17-13-25)23-10-14-27(15-11-23)19-21-6-3-2-4-7-21/h2-9,18,23H,10-17,19H2,1H3. The first-order valence-electron chi connectivity index (χ1n) is 10.8. The lowest BCUT2D eigenvalue weighted by Gasteiger charge is -2.44. The van der Waals surface area contributed by atoms with E-state index in [0.29, 0.717) is 6.04 Å². The highest BCUT2D eigenvalue weighted by atomic mass is 16.5. The summed E-state index contributed by atoms with van der Waals surface area (Å²) < 4.78 is 5.38. The molecule has 2 aliphatic rings. The van der Waals surface area contributed by atoms with Gasteiger partial charge in [-0.15, -0.1) is 0 Å². The lowest BCUT2D eigenvalue weighted by atomic mass is 9.73. The van der Waals surface area contributed by atoms with Crippen molar-refractivity contribution in [3.8, 4) is 11.8 Å². The van der Waals surface area contributed by atoms with Gasteiger partial charge < -0.3 is 9.64 Å². The second kappa shape index (κ2) is 8.98. The van der Waals surface area contributed by atoms with Crippen LogP contribution in [0.4, 0.5) is 0 Å². The van der Waals surface area contributed by atoms with E-state index >= 15 is 0 Å². The van der Waals surface area contributed by atoms with E-state index in [2.05, 4.69) is 52.3 Å². The summed E-state index contributed by atoms with van der Waals surface area (Å²) in [5.74, 6) is 0.838. The minimum Gasteiger partial charge on any atom is -0.497 e. The molecule has 2 heterocycles. The van der Waals surface area contributed by atoms with E-state index in [0.717, 1.165) is 56.9 Å². The zero-order valence-electron chi connectivity index (χ0n) is 17.4. The second-order valence-electron chi connectivity index (χ2n) is 8.45. The van der Waals surface area contributed by atoms with Crippen LogP contribution in [0.1, 0.15) is 36.8 Å². The van der Waals surface area contributed by atoms with Crippen LogP contribution in [0.5, 0.6) is 5.75 Å². The molecule has 4 rings (SSSR count).